The molecule has 0 amide bonds. The van der Waals surface area contributed by atoms with Crippen LogP contribution >= 0.6 is 11.6 Å². The fraction of sp³-hybridized carbons (Fsp3) is 0.200. The van der Waals surface area contributed by atoms with Crippen LogP contribution < -0.4 is 10.5 Å². The second-order valence-electron chi connectivity index (χ2n) is 4.46. The van der Waals surface area contributed by atoms with E-state index in [0.717, 1.165) is 0 Å². The van der Waals surface area contributed by atoms with Crippen LogP contribution in [-0.4, -0.2) is 6.61 Å². The maximum atomic E-state index is 13.7. The first kappa shape index (κ1) is 15.7. The lowest BCUT2D eigenvalue weighted by molar-refractivity contribution is -0.0506. The van der Waals surface area contributed by atoms with E-state index in [2.05, 4.69) is 4.74 Å². The van der Waals surface area contributed by atoms with Crippen LogP contribution in [0.1, 0.15) is 17.2 Å². The van der Waals surface area contributed by atoms with Crippen LogP contribution in [0.4, 0.5) is 13.2 Å². The molecule has 0 aromatic heterocycles. The van der Waals surface area contributed by atoms with E-state index >= 15 is 0 Å². The largest absolute Gasteiger partial charge is 0.434 e. The predicted octanol–water partition coefficient (Wildman–Crippen LogP) is 4.32. The van der Waals surface area contributed by atoms with E-state index in [0.29, 0.717) is 11.1 Å². The summed E-state index contributed by atoms with van der Waals surface area (Å²) in [6.45, 7) is -2.94. The monoisotopic (exact) mass is 315 g/mol. The van der Waals surface area contributed by atoms with Crippen molar-refractivity contribution in [2.75, 3.05) is 0 Å². The molecule has 2 rings (SSSR count). The van der Waals surface area contributed by atoms with Gasteiger partial charge in [-0.2, -0.15) is 8.78 Å². The molecule has 6 heteroatoms. The van der Waals surface area contributed by atoms with Crippen molar-refractivity contribution in [3.63, 3.8) is 0 Å². The third-order valence-electron chi connectivity index (χ3n) is 2.99. The minimum absolute atomic E-state index is 0.00521. The third kappa shape index (κ3) is 4.12. The van der Waals surface area contributed by atoms with Crippen molar-refractivity contribution in [2.45, 2.75) is 19.1 Å². The average Bonchev–Trinajstić information content (AvgIpc) is 2.42. The predicted molar refractivity (Wildman–Crippen MR) is 75.1 cm³/mol. The first-order chi connectivity index (χ1) is 9.97. The molecule has 0 heterocycles. The Bertz CT molecular complexity index is 622. The molecule has 1 unspecified atom stereocenters. The van der Waals surface area contributed by atoms with Crippen LogP contribution in [-0.2, 0) is 6.42 Å². The molecule has 0 aliphatic rings. The van der Waals surface area contributed by atoms with Gasteiger partial charge in [-0.3, -0.25) is 0 Å². The SMILES string of the molecule is NC(Cc1ccc(Cl)cc1F)c1ccccc1OC(F)F. The first-order valence-electron chi connectivity index (χ1n) is 6.20. The van der Waals surface area contributed by atoms with Crippen molar-refractivity contribution in [1.82, 2.24) is 0 Å². The molecule has 112 valence electrons. The number of alkyl halides is 2. The van der Waals surface area contributed by atoms with Gasteiger partial charge in [-0.1, -0.05) is 35.9 Å². The zero-order valence-electron chi connectivity index (χ0n) is 10.9. The second-order valence-corrected chi connectivity index (χ2v) is 4.90. The van der Waals surface area contributed by atoms with E-state index in [4.69, 9.17) is 17.3 Å². The number of hydrogen-bond donors (Lipinski definition) is 1. The summed E-state index contributed by atoms with van der Waals surface area (Å²) in [5.41, 5.74) is 6.74. The highest BCUT2D eigenvalue weighted by Gasteiger charge is 2.16. The molecule has 0 fully saturated rings. The highest BCUT2D eigenvalue weighted by atomic mass is 35.5. The summed E-state index contributed by atoms with van der Waals surface area (Å²) < 4.78 is 42.9. The molecule has 0 saturated carbocycles. The van der Waals surface area contributed by atoms with Gasteiger partial charge in [-0.25, -0.2) is 4.39 Å². The van der Waals surface area contributed by atoms with Crippen molar-refractivity contribution < 1.29 is 17.9 Å². The number of benzene rings is 2. The van der Waals surface area contributed by atoms with E-state index < -0.39 is 18.5 Å². The van der Waals surface area contributed by atoms with Gasteiger partial charge in [0.05, 0.1) is 0 Å². The van der Waals surface area contributed by atoms with E-state index in [1.807, 2.05) is 0 Å². The van der Waals surface area contributed by atoms with Crippen LogP contribution in [0.3, 0.4) is 0 Å². The Morgan fingerprint density at radius 3 is 2.52 bits per heavy atom. The molecular weight excluding hydrogens is 303 g/mol. The van der Waals surface area contributed by atoms with Crippen molar-refractivity contribution in [3.8, 4) is 5.75 Å². The fourth-order valence-electron chi connectivity index (χ4n) is 2.02. The highest BCUT2D eigenvalue weighted by molar-refractivity contribution is 6.30. The third-order valence-corrected chi connectivity index (χ3v) is 3.22. The Morgan fingerprint density at radius 1 is 1.14 bits per heavy atom. The van der Waals surface area contributed by atoms with Gasteiger partial charge < -0.3 is 10.5 Å². The summed E-state index contributed by atoms with van der Waals surface area (Å²) in [4.78, 5) is 0. The van der Waals surface area contributed by atoms with E-state index in [9.17, 15) is 13.2 Å². The van der Waals surface area contributed by atoms with Crippen LogP contribution in [0.5, 0.6) is 5.75 Å². The second kappa shape index (κ2) is 6.83. The van der Waals surface area contributed by atoms with Crippen molar-refractivity contribution in [3.05, 3.63) is 64.4 Å². The smallest absolute Gasteiger partial charge is 0.387 e. The molecule has 0 aliphatic carbocycles. The fourth-order valence-corrected chi connectivity index (χ4v) is 2.18. The van der Waals surface area contributed by atoms with E-state index in [1.54, 1.807) is 24.3 Å². The molecule has 0 spiro atoms. The Kier molecular flexibility index (Phi) is 5.09. The van der Waals surface area contributed by atoms with Gasteiger partial charge in [0.1, 0.15) is 11.6 Å². The lowest BCUT2D eigenvalue weighted by Crippen LogP contribution is -2.16. The minimum atomic E-state index is -2.94. The molecule has 0 saturated heterocycles. The summed E-state index contributed by atoms with van der Waals surface area (Å²) in [6.07, 6.45) is 0.145. The van der Waals surface area contributed by atoms with Gasteiger partial charge >= 0.3 is 6.61 Å². The summed E-state index contributed by atoms with van der Waals surface area (Å²) in [6, 6.07) is 9.79. The lowest BCUT2D eigenvalue weighted by atomic mass is 9.98. The maximum Gasteiger partial charge on any atom is 0.387 e. The van der Waals surface area contributed by atoms with Crippen molar-refractivity contribution >= 4 is 11.6 Å². The van der Waals surface area contributed by atoms with Crippen molar-refractivity contribution in [1.29, 1.82) is 0 Å². The molecule has 0 bridgehead atoms. The Morgan fingerprint density at radius 2 is 1.86 bits per heavy atom. The van der Waals surface area contributed by atoms with E-state index in [1.165, 1.54) is 18.2 Å². The van der Waals surface area contributed by atoms with Gasteiger partial charge in [0.15, 0.2) is 0 Å². The topological polar surface area (TPSA) is 35.2 Å². The number of halogens is 4. The van der Waals surface area contributed by atoms with Gasteiger partial charge in [0.25, 0.3) is 0 Å². The van der Waals surface area contributed by atoms with Crippen LogP contribution in [0.25, 0.3) is 0 Å². The Hall–Kier alpha value is -1.72. The standard InChI is InChI=1S/C15H13ClF3NO/c16-10-6-5-9(12(17)8-10)7-13(20)11-3-1-2-4-14(11)21-15(18)19/h1-6,8,13,15H,7,20H2. The molecular formula is C15H13ClF3NO. The average molecular weight is 316 g/mol. The lowest BCUT2D eigenvalue weighted by Gasteiger charge is -2.17. The zero-order valence-corrected chi connectivity index (χ0v) is 11.7. The van der Waals surface area contributed by atoms with Crippen LogP contribution in [0, 0.1) is 5.82 Å². The molecule has 21 heavy (non-hydrogen) atoms. The number of rotatable bonds is 5. The molecule has 2 nitrogen and oxygen atoms in total. The highest BCUT2D eigenvalue weighted by Crippen LogP contribution is 2.28. The number of para-hydroxylation sites is 1. The molecule has 2 N–H and O–H groups in total. The number of ether oxygens (including phenoxy) is 1. The molecule has 2 aromatic carbocycles. The van der Waals surface area contributed by atoms with Gasteiger partial charge in [-0.15, -0.1) is 0 Å². The molecule has 0 aliphatic heterocycles. The molecule has 0 radical (unpaired) electrons. The minimum Gasteiger partial charge on any atom is -0.434 e. The summed E-state index contributed by atoms with van der Waals surface area (Å²) in [5.74, 6) is -0.486. The molecule has 2 aromatic rings. The van der Waals surface area contributed by atoms with Crippen molar-refractivity contribution in [2.24, 2.45) is 5.73 Å². The number of nitrogens with two attached hydrogens (primary N) is 1. The summed E-state index contributed by atoms with van der Waals surface area (Å²) in [5, 5.41) is 0.284. The van der Waals surface area contributed by atoms with Gasteiger partial charge in [0.2, 0.25) is 0 Å². The Labute approximate surface area is 125 Å². The number of hydrogen-bond acceptors (Lipinski definition) is 2. The normalized spacial score (nSPS) is 12.5. The maximum absolute atomic E-state index is 13.7. The van der Waals surface area contributed by atoms with Gasteiger partial charge in [0, 0.05) is 16.6 Å². The summed E-state index contributed by atoms with van der Waals surface area (Å²) >= 11 is 5.68. The quantitative estimate of drug-likeness (QED) is 0.891. The molecule has 1 atom stereocenters. The first-order valence-corrected chi connectivity index (χ1v) is 6.58. The van der Waals surface area contributed by atoms with E-state index in [-0.39, 0.29) is 17.2 Å². The summed E-state index contributed by atoms with van der Waals surface area (Å²) in [7, 11) is 0. The van der Waals surface area contributed by atoms with Gasteiger partial charge in [-0.05, 0) is 30.2 Å². The Balaban J connectivity index is 2.22. The van der Waals surface area contributed by atoms with Crippen LogP contribution in [0.2, 0.25) is 5.02 Å². The van der Waals surface area contributed by atoms with Crippen LogP contribution in [0.15, 0.2) is 42.5 Å². The zero-order chi connectivity index (χ0) is 15.4.